The van der Waals surface area contributed by atoms with Crippen LogP contribution in [0.1, 0.15) is 51.9 Å². The number of carbonyl (C=O) groups excluding carboxylic acids is 2. The fourth-order valence-corrected chi connectivity index (χ4v) is 3.50. The first kappa shape index (κ1) is 21.3. The fraction of sp³-hybridized carbons (Fsp3) is 0.722. The SMILES string of the molecule is CC(C#N)C(=O)N1CCCC[C@@H](OC(=O)N[C@@H](CC2=CCCC2)B(O)O)C1. The summed E-state index contributed by atoms with van der Waals surface area (Å²) in [4.78, 5) is 26.1. The molecule has 148 valence electrons. The Morgan fingerprint density at radius 2 is 2.22 bits per heavy atom. The fourth-order valence-electron chi connectivity index (χ4n) is 3.50. The van der Waals surface area contributed by atoms with E-state index >= 15 is 0 Å². The Hall–Kier alpha value is -2.05. The predicted molar refractivity (Wildman–Crippen MR) is 99.1 cm³/mol. The van der Waals surface area contributed by atoms with Gasteiger partial charge < -0.3 is 25.0 Å². The van der Waals surface area contributed by atoms with Gasteiger partial charge in [-0.05, 0) is 51.9 Å². The number of amides is 2. The monoisotopic (exact) mass is 377 g/mol. The van der Waals surface area contributed by atoms with Gasteiger partial charge in [0.15, 0.2) is 0 Å². The Morgan fingerprint density at radius 3 is 2.85 bits per heavy atom. The maximum Gasteiger partial charge on any atom is 0.475 e. The maximum atomic E-state index is 12.2. The van der Waals surface area contributed by atoms with E-state index in [4.69, 9.17) is 10.00 Å². The minimum absolute atomic E-state index is 0.246. The van der Waals surface area contributed by atoms with E-state index in [0.29, 0.717) is 19.4 Å². The van der Waals surface area contributed by atoms with Crippen molar-refractivity contribution in [2.24, 2.45) is 5.92 Å². The van der Waals surface area contributed by atoms with Crippen molar-refractivity contribution >= 4 is 19.1 Å². The summed E-state index contributed by atoms with van der Waals surface area (Å²) in [5.41, 5.74) is 1.10. The zero-order valence-electron chi connectivity index (χ0n) is 15.8. The molecule has 1 unspecified atom stereocenters. The van der Waals surface area contributed by atoms with Gasteiger partial charge in [0.1, 0.15) is 12.0 Å². The number of hydrogen-bond donors (Lipinski definition) is 3. The average molecular weight is 377 g/mol. The number of nitrogens with one attached hydrogen (secondary N) is 1. The minimum atomic E-state index is -1.68. The number of rotatable bonds is 6. The molecule has 1 aliphatic carbocycles. The summed E-state index contributed by atoms with van der Waals surface area (Å²) in [6.07, 6.45) is 6.37. The molecule has 0 radical (unpaired) electrons. The van der Waals surface area contributed by atoms with Crippen LogP contribution < -0.4 is 5.32 Å². The second kappa shape index (κ2) is 10.3. The lowest BCUT2D eigenvalue weighted by atomic mass is 9.76. The van der Waals surface area contributed by atoms with Crippen molar-refractivity contribution in [2.45, 2.75) is 63.9 Å². The van der Waals surface area contributed by atoms with E-state index in [-0.39, 0.29) is 12.5 Å². The van der Waals surface area contributed by atoms with Gasteiger partial charge in [0.05, 0.1) is 18.6 Å². The van der Waals surface area contributed by atoms with Gasteiger partial charge in [-0.3, -0.25) is 4.79 Å². The van der Waals surface area contributed by atoms with Crippen LogP contribution in [0, 0.1) is 17.2 Å². The van der Waals surface area contributed by atoms with Crippen LogP contribution in [-0.4, -0.2) is 59.2 Å². The Bertz CT molecular complexity index is 604. The summed E-state index contributed by atoms with van der Waals surface area (Å²) in [6, 6.07) is 1.94. The van der Waals surface area contributed by atoms with Crippen LogP contribution >= 0.6 is 0 Å². The van der Waals surface area contributed by atoms with E-state index in [1.165, 1.54) is 0 Å². The largest absolute Gasteiger partial charge is 0.475 e. The lowest BCUT2D eigenvalue weighted by molar-refractivity contribution is -0.134. The summed E-state index contributed by atoms with van der Waals surface area (Å²) in [6.45, 7) is 2.34. The van der Waals surface area contributed by atoms with Gasteiger partial charge in [0.25, 0.3) is 0 Å². The Morgan fingerprint density at radius 1 is 1.44 bits per heavy atom. The van der Waals surface area contributed by atoms with Gasteiger partial charge in [-0.1, -0.05) is 11.6 Å². The molecule has 2 amide bonds. The highest BCUT2D eigenvalue weighted by atomic mass is 16.6. The summed E-state index contributed by atoms with van der Waals surface area (Å²) in [5.74, 6) is -1.82. The second-order valence-corrected chi connectivity index (χ2v) is 7.28. The summed E-state index contributed by atoms with van der Waals surface area (Å²) >= 11 is 0. The van der Waals surface area contributed by atoms with Crippen LogP contribution in [0.25, 0.3) is 0 Å². The third-order valence-corrected chi connectivity index (χ3v) is 5.06. The van der Waals surface area contributed by atoms with Crippen LogP contribution in [0.5, 0.6) is 0 Å². The second-order valence-electron chi connectivity index (χ2n) is 7.28. The topological polar surface area (TPSA) is 123 Å². The van der Waals surface area contributed by atoms with E-state index in [2.05, 4.69) is 11.4 Å². The molecule has 27 heavy (non-hydrogen) atoms. The van der Waals surface area contributed by atoms with Crippen molar-refractivity contribution < 1.29 is 24.4 Å². The number of nitriles is 1. The zero-order valence-corrected chi connectivity index (χ0v) is 15.8. The minimum Gasteiger partial charge on any atom is -0.444 e. The van der Waals surface area contributed by atoms with Crippen molar-refractivity contribution in [2.75, 3.05) is 13.1 Å². The Kier molecular flexibility index (Phi) is 8.13. The molecular weight excluding hydrogens is 349 g/mol. The highest BCUT2D eigenvalue weighted by Crippen LogP contribution is 2.22. The van der Waals surface area contributed by atoms with Crippen molar-refractivity contribution in [3.8, 4) is 6.07 Å². The van der Waals surface area contributed by atoms with Crippen LogP contribution in [0.2, 0.25) is 0 Å². The Balaban J connectivity index is 1.90. The molecule has 0 aromatic rings. The molecule has 2 rings (SSSR count). The lowest BCUT2D eigenvalue weighted by Crippen LogP contribution is -2.48. The molecule has 1 heterocycles. The third kappa shape index (κ3) is 6.56. The molecule has 0 saturated carbocycles. The third-order valence-electron chi connectivity index (χ3n) is 5.06. The molecule has 8 nitrogen and oxygen atoms in total. The van der Waals surface area contributed by atoms with Crippen molar-refractivity contribution in [3.05, 3.63) is 11.6 Å². The molecule has 1 aliphatic heterocycles. The molecule has 9 heteroatoms. The lowest BCUT2D eigenvalue weighted by Gasteiger charge is -2.26. The van der Waals surface area contributed by atoms with Crippen LogP contribution in [0.4, 0.5) is 4.79 Å². The van der Waals surface area contributed by atoms with Gasteiger partial charge in [-0.15, -0.1) is 0 Å². The van der Waals surface area contributed by atoms with E-state index in [1.807, 2.05) is 6.07 Å². The predicted octanol–water partition coefficient (Wildman–Crippen LogP) is 1.13. The molecule has 0 aromatic carbocycles. The summed E-state index contributed by atoms with van der Waals surface area (Å²) in [7, 11) is -1.68. The molecule has 0 spiro atoms. The number of carbonyl (C=O) groups is 2. The number of allylic oxidation sites excluding steroid dienone is 1. The molecule has 3 atom stereocenters. The summed E-state index contributed by atoms with van der Waals surface area (Å²) in [5, 5.41) is 30.6. The van der Waals surface area contributed by atoms with E-state index in [1.54, 1.807) is 11.8 Å². The zero-order chi connectivity index (χ0) is 19.8. The standard InChI is InChI=1S/C18H28BN3O5/c1-13(11-20)17(23)22-9-5-4-8-15(12-22)27-18(24)21-16(19(25)26)10-14-6-2-3-7-14/h6,13,15-16,25-26H,2-5,7-10,12H2,1H3,(H,21,24)/t13?,15-,16+/m1/s1. The van der Waals surface area contributed by atoms with Crippen LogP contribution in [0.15, 0.2) is 11.6 Å². The highest BCUT2D eigenvalue weighted by molar-refractivity contribution is 6.43. The molecule has 0 bridgehead atoms. The quantitative estimate of drug-likeness (QED) is 0.471. The molecule has 2 aliphatic rings. The van der Waals surface area contributed by atoms with Crippen LogP contribution in [-0.2, 0) is 9.53 Å². The molecule has 1 fully saturated rings. The van der Waals surface area contributed by atoms with Crippen molar-refractivity contribution in [1.82, 2.24) is 10.2 Å². The van der Waals surface area contributed by atoms with E-state index < -0.39 is 31.2 Å². The van der Waals surface area contributed by atoms with Gasteiger partial charge in [0, 0.05) is 6.54 Å². The van der Waals surface area contributed by atoms with E-state index in [0.717, 1.165) is 37.7 Å². The molecular formula is C18H28BN3O5. The maximum absolute atomic E-state index is 12.2. The number of alkyl carbamates (subject to hydrolysis) is 1. The average Bonchev–Trinajstić information content (AvgIpc) is 3.04. The number of likely N-dealkylation sites (tertiary alicyclic amines) is 1. The smallest absolute Gasteiger partial charge is 0.444 e. The molecule has 0 aromatic heterocycles. The van der Waals surface area contributed by atoms with Gasteiger partial charge >= 0.3 is 13.2 Å². The number of nitrogens with zero attached hydrogens (tertiary/aromatic N) is 2. The van der Waals surface area contributed by atoms with Crippen molar-refractivity contribution in [1.29, 1.82) is 5.26 Å². The van der Waals surface area contributed by atoms with Gasteiger partial charge in [-0.2, -0.15) is 5.26 Å². The molecule has 1 saturated heterocycles. The number of ether oxygens (including phenoxy) is 1. The first-order valence-corrected chi connectivity index (χ1v) is 9.60. The van der Waals surface area contributed by atoms with Crippen molar-refractivity contribution in [3.63, 3.8) is 0 Å². The van der Waals surface area contributed by atoms with Crippen LogP contribution in [0.3, 0.4) is 0 Å². The molecule has 3 N–H and O–H groups in total. The first-order valence-electron chi connectivity index (χ1n) is 9.60. The Labute approximate surface area is 160 Å². The van der Waals surface area contributed by atoms with Gasteiger partial charge in [-0.25, -0.2) is 4.79 Å². The van der Waals surface area contributed by atoms with Gasteiger partial charge in [0.2, 0.25) is 5.91 Å². The highest BCUT2D eigenvalue weighted by Gasteiger charge is 2.30. The van der Waals surface area contributed by atoms with E-state index in [9.17, 15) is 19.6 Å². The normalized spacial score (nSPS) is 22.1. The first-order chi connectivity index (χ1) is 12.9. The number of hydrogen-bond acceptors (Lipinski definition) is 6. The summed E-state index contributed by atoms with van der Waals surface area (Å²) < 4.78 is 5.44.